The van der Waals surface area contributed by atoms with Crippen molar-refractivity contribution < 1.29 is 27.9 Å². The molecule has 2 aliphatic carbocycles. The van der Waals surface area contributed by atoms with Crippen LogP contribution in [-0.2, 0) is 23.8 Å². The second kappa shape index (κ2) is 9.10. The van der Waals surface area contributed by atoms with E-state index in [0.29, 0.717) is 37.1 Å². The SMILES string of the molecule is CC1(C)CCc2c(C(F)(F)F)nn(-c3ccc(C(N)=O)c(NC4([C@H](N)C(=O)O)CCCCC4)c3)c2C1. The molecule has 0 bridgehead atoms. The highest BCUT2D eigenvalue weighted by Gasteiger charge is 2.44. The van der Waals surface area contributed by atoms with E-state index < -0.39 is 35.3 Å². The number of halogens is 3. The fourth-order valence-corrected chi connectivity index (χ4v) is 5.56. The number of benzene rings is 1. The van der Waals surface area contributed by atoms with E-state index in [9.17, 15) is 27.9 Å². The van der Waals surface area contributed by atoms with Gasteiger partial charge in [-0.3, -0.25) is 9.59 Å². The topological polar surface area (TPSA) is 136 Å². The van der Waals surface area contributed by atoms with Crippen molar-refractivity contribution in [2.24, 2.45) is 16.9 Å². The van der Waals surface area contributed by atoms with Gasteiger partial charge in [0.15, 0.2) is 5.69 Å². The molecule has 196 valence electrons. The molecule has 2 aliphatic rings. The normalized spacial score (nSPS) is 19.8. The van der Waals surface area contributed by atoms with Gasteiger partial charge in [0.2, 0.25) is 0 Å². The summed E-state index contributed by atoms with van der Waals surface area (Å²) in [5.74, 6) is -1.93. The van der Waals surface area contributed by atoms with Crippen LogP contribution in [-0.4, -0.2) is 38.3 Å². The summed E-state index contributed by atoms with van der Waals surface area (Å²) >= 11 is 0. The number of carbonyl (C=O) groups is 2. The lowest BCUT2D eigenvalue weighted by Gasteiger charge is -2.42. The minimum atomic E-state index is -4.61. The number of aromatic nitrogens is 2. The van der Waals surface area contributed by atoms with Crippen LogP contribution in [0.3, 0.4) is 0 Å². The van der Waals surface area contributed by atoms with Crippen LogP contribution in [0.5, 0.6) is 0 Å². The summed E-state index contributed by atoms with van der Waals surface area (Å²) in [6, 6.07) is 3.20. The molecular weight excluding hydrogens is 475 g/mol. The van der Waals surface area contributed by atoms with Crippen molar-refractivity contribution in [1.82, 2.24) is 9.78 Å². The molecule has 11 heteroatoms. The number of carbonyl (C=O) groups excluding carboxylic acids is 1. The first-order valence-corrected chi connectivity index (χ1v) is 12.1. The Morgan fingerprint density at radius 1 is 1.17 bits per heavy atom. The summed E-state index contributed by atoms with van der Waals surface area (Å²) < 4.78 is 42.8. The molecule has 0 aliphatic heterocycles. The van der Waals surface area contributed by atoms with Crippen LogP contribution in [0.1, 0.15) is 79.7 Å². The van der Waals surface area contributed by atoms with Gasteiger partial charge in [0, 0.05) is 16.9 Å². The third-order valence-electron chi connectivity index (χ3n) is 7.56. The fourth-order valence-electron chi connectivity index (χ4n) is 5.56. The predicted molar refractivity (Wildman–Crippen MR) is 128 cm³/mol. The number of fused-ring (bicyclic) bond motifs is 1. The Morgan fingerprint density at radius 2 is 1.83 bits per heavy atom. The van der Waals surface area contributed by atoms with Gasteiger partial charge in [-0.05, 0) is 55.7 Å². The second-order valence-electron chi connectivity index (χ2n) is 10.8. The number of rotatable bonds is 6. The van der Waals surface area contributed by atoms with E-state index in [2.05, 4.69) is 10.4 Å². The van der Waals surface area contributed by atoms with Crippen LogP contribution in [0.4, 0.5) is 18.9 Å². The molecule has 1 fully saturated rings. The number of anilines is 1. The largest absolute Gasteiger partial charge is 0.480 e. The minimum absolute atomic E-state index is 0.0960. The van der Waals surface area contributed by atoms with Gasteiger partial charge in [-0.25, -0.2) is 4.68 Å². The first-order chi connectivity index (χ1) is 16.7. The monoisotopic (exact) mass is 507 g/mol. The molecule has 2 aromatic rings. The molecule has 0 spiro atoms. The van der Waals surface area contributed by atoms with Crippen molar-refractivity contribution in [3.8, 4) is 5.69 Å². The molecule has 0 unspecified atom stereocenters. The van der Waals surface area contributed by atoms with E-state index in [0.717, 1.165) is 19.3 Å². The van der Waals surface area contributed by atoms with Crippen molar-refractivity contribution in [3.63, 3.8) is 0 Å². The summed E-state index contributed by atoms with van der Waals surface area (Å²) in [4.78, 5) is 24.1. The maximum Gasteiger partial charge on any atom is 0.435 e. The van der Waals surface area contributed by atoms with E-state index in [4.69, 9.17) is 11.5 Å². The predicted octanol–water partition coefficient (Wildman–Crippen LogP) is 4.03. The minimum Gasteiger partial charge on any atom is -0.480 e. The van der Waals surface area contributed by atoms with Crippen molar-refractivity contribution in [2.75, 3.05) is 5.32 Å². The summed E-state index contributed by atoms with van der Waals surface area (Å²) in [7, 11) is 0. The molecule has 36 heavy (non-hydrogen) atoms. The number of amides is 1. The standard InChI is InChI=1S/C25H32F3N5O3/c1-23(2)11-8-16-18(13-23)33(32-20(16)25(26,27)28)14-6-7-15(21(30)34)17(12-14)31-24(19(29)22(35)36)9-4-3-5-10-24/h6-7,12,19,31H,3-5,8-11,13,29H2,1-2H3,(H2,30,34)(H,35,36)/t19-/m1/s1. The zero-order valence-corrected chi connectivity index (χ0v) is 20.4. The molecule has 1 aromatic carbocycles. The number of nitrogens with one attached hydrogen (secondary N) is 1. The Labute approximate surface area is 207 Å². The van der Waals surface area contributed by atoms with Gasteiger partial charge in [0.1, 0.15) is 6.04 Å². The van der Waals surface area contributed by atoms with E-state index >= 15 is 0 Å². The van der Waals surface area contributed by atoms with Crippen molar-refractivity contribution in [3.05, 3.63) is 40.7 Å². The number of alkyl halides is 3. The van der Waals surface area contributed by atoms with E-state index in [1.54, 1.807) is 0 Å². The summed E-state index contributed by atoms with van der Waals surface area (Å²) in [5, 5.41) is 16.8. The Morgan fingerprint density at radius 3 is 2.42 bits per heavy atom. The summed E-state index contributed by atoms with van der Waals surface area (Å²) in [5.41, 5.74) is 10.9. The number of nitrogens with two attached hydrogens (primary N) is 2. The lowest BCUT2D eigenvalue weighted by atomic mass is 9.76. The molecular formula is C25H32F3N5O3. The molecule has 4 rings (SSSR count). The van der Waals surface area contributed by atoms with Crippen LogP contribution in [0.2, 0.25) is 0 Å². The third-order valence-corrected chi connectivity index (χ3v) is 7.56. The molecule has 1 atom stereocenters. The Hall–Kier alpha value is -3.08. The molecule has 1 aromatic heterocycles. The Balaban J connectivity index is 1.85. The van der Waals surface area contributed by atoms with Crippen LogP contribution >= 0.6 is 0 Å². The number of primary amides is 1. The Bertz CT molecular complexity index is 1180. The van der Waals surface area contributed by atoms with Gasteiger partial charge in [-0.1, -0.05) is 33.1 Å². The van der Waals surface area contributed by atoms with Crippen LogP contribution in [0, 0.1) is 5.41 Å². The fraction of sp³-hybridized carbons (Fsp3) is 0.560. The smallest absolute Gasteiger partial charge is 0.435 e. The van der Waals surface area contributed by atoms with E-state index in [-0.39, 0.29) is 28.7 Å². The first-order valence-electron chi connectivity index (χ1n) is 12.1. The van der Waals surface area contributed by atoms with E-state index in [1.807, 2.05) is 13.8 Å². The summed E-state index contributed by atoms with van der Waals surface area (Å²) in [6.45, 7) is 4.01. The van der Waals surface area contributed by atoms with Crippen molar-refractivity contribution >= 4 is 17.6 Å². The average molecular weight is 508 g/mol. The van der Waals surface area contributed by atoms with Crippen LogP contribution in [0.15, 0.2) is 18.2 Å². The number of carboxylic acids is 1. The maximum absolute atomic E-state index is 13.9. The average Bonchev–Trinajstić information content (AvgIpc) is 3.17. The second-order valence-corrected chi connectivity index (χ2v) is 10.8. The highest BCUT2D eigenvalue weighted by molar-refractivity contribution is 5.99. The number of hydrogen-bond donors (Lipinski definition) is 4. The lowest BCUT2D eigenvalue weighted by Crippen LogP contribution is -2.58. The molecule has 1 saturated carbocycles. The van der Waals surface area contributed by atoms with Gasteiger partial charge in [0.05, 0.1) is 16.8 Å². The molecule has 8 nitrogen and oxygen atoms in total. The van der Waals surface area contributed by atoms with Gasteiger partial charge in [-0.2, -0.15) is 18.3 Å². The highest BCUT2D eigenvalue weighted by Crippen LogP contribution is 2.42. The zero-order chi connectivity index (χ0) is 26.5. The number of aliphatic carboxylic acids is 1. The van der Waals surface area contributed by atoms with Crippen molar-refractivity contribution in [2.45, 2.75) is 83.0 Å². The number of nitrogens with zero attached hydrogens (tertiary/aromatic N) is 2. The summed E-state index contributed by atoms with van der Waals surface area (Å²) in [6.07, 6.45) is 0.0143. The van der Waals surface area contributed by atoms with Gasteiger partial charge in [0.25, 0.3) is 5.91 Å². The molecule has 1 amide bonds. The molecule has 6 N–H and O–H groups in total. The van der Waals surface area contributed by atoms with Crippen LogP contribution < -0.4 is 16.8 Å². The van der Waals surface area contributed by atoms with Crippen molar-refractivity contribution in [1.29, 1.82) is 0 Å². The van der Waals surface area contributed by atoms with E-state index in [1.165, 1.54) is 22.9 Å². The zero-order valence-electron chi connectivity index (χ0n) is 20.4. The maximum atomic E-state index is 13.9. The molecule has 1 heterocycles. The van der Waals surface area contributed by atoms with Gasteiger partial charge >= 0.3 is 12.1 Å². The van der Waals surface area contributed by atoms with Gasteiger partial charge in [-0.15, -0.1) is 0 Å². The number of hydrogen-bond acceptors (Lipinski definition) is 5. The highest BCUT2D eigenvalue weighted by atomic mass is 19.4. The van der Waals surface area contributed by atoms with Crippen LogP contribution in [0.25, 0.3) is 5.69 Å². The number of carboxylic acid groups (broad SMARTS) is 1. The van der Waals surface area contributed by atoms with Gasteiger partial charge < -0.3 is 21.9 Å². The first kappa shape index (κ1) is 26.0. The quantitative estimate of drug-likeness (QED) is 0.466. The molecule has 0 radical (unpaired) electrons. The lowest BCUT2D eigenvalue weighted by molar-refractivity contribution is -0.142. The Kier molecular flexibility index (Phi) is 6.57. The third kappa shape index (κ3) is 4.80. The molecule has 0 saturated heterocycles.